The predicted octanol–water partition coefficient (Wildman–Crippen LogP) is 2.41. The molecule has 1 saturated carbocycles. The highest BCUT2D eigenvalue weighted by atomic mass is 32.2. The number of nitrogens with one attached hydrogen (secondary N) is 3. The number of benzene rings is 2. The van der Waals surface area contributed by atoms with Crippen molar-refractivity contribution in [3.8, 4) is 0 Å². The first-order valence-corrected chi connectivity index (χ1v) is 12.1. The molecule has 8 nitrogen and oxygen atoms in total. The van der Waals surface area contributed by atoms with Crippen LogP contribution in [0.5, 0.6) is 0 Å². The van der Waals surface area contributed by atoms with Crippen LogP contribution in [0.2, 0.25) is 0 Å². The van der Waals surface area contributed by atoms with Crippen LogP contribution in [-0.4, -0.2) is 43.5 Å². The molecule has 3 rings (SSSR count). The zero-order chi connectivity index (χ0) is 24.2. The van der Waals surface area contributed by atoms with Gasteiger partial charge in [-0.1, -0.05) is 12.8 Å². The Hall–Kier alpha value is -2.82. The molecule has 1 aliphatic rings. The summed E-state index contributed by atoms with van der Waals surface area (Å²) in [5.74, 6) is -1.01. The zero-order valence-electron chi connectivity index (χ0n) is 18.5. The molecule has 0 unspecified atom stereocenters. The maximum atomic E-state index is 13.1. The van der Waals surface area contributed by atoms with Crippen molar-refractivity contribution in [2.24, 2.45) is 5.92 Å². The van der Waals surface area contributed by atoms with Crippen LogP contribution in [0, 0.1) is 11.7 Å². The summed E-state index contributed by atoms with van der Waals surface area (Å²) < 4.78 is 40.5. The number of anilines is 1. The second kappa shape index (κ2) is 9.98. The summed E-state index contributed by atoms with van der Waals surface area (Å²) in [6.45, 7) is 2.74. The molecular formula is C23H28FN3O5S. The highest BCUT2D eigenvalue weighted by molar-refractivity contribution is 7.89. The van der Waals surface area contributed by atoms with Gasteiger partial charge in [-0.3, -0.25) is 9.59 Å². The summed E-state index contributed by atoms with van der Waals surface area (Å²) in [7, 11) is -3.86. The van der Waals surface area contributed by atoms with Gasteiger partial charge in [0.05, 0.1) is 17.0 Å². The summed E-state index contributed by atoms with van der Waals surface area (Å²) in [5.41, 5.74) is -0.403. The maximum absolute atomic E-state index is 13.1. The monoisotopic (exact) mass is 477 g/mol. The Morgan fingerprint density at radius 2 is 1.70 bits per heavy atom. The molecule has 10 heteroatoms. The van der Waals surface area contributed by atoms with Gasteiger partial charge in [-0.2, -0.15) is 0 Å². The average molecular weight is 478 g/mol. The molecule has 0 spiro atoms. The van der Waals surface area contributed by atoms with E-state index in [2.05, 4.69) is 15.4 Å². The van der Waals surface area contributed by atoms with Crippen LogP contribution < -0.4 is 15.4 Å². The Bertz CT molecular complexity index is 1100. The van der Waals surface area contributed by atoms with Crippen LogP contribution in [0.15, 0.2) is 53.4 Å². The van der Waals surface area contributed by atoms with E-state index < -0.39 is 39.2 Å². The lowest BCUT2D eigenvalue weighted by Crippen LogP contribution is -2.46. The molecule has 2 aromatic rings. The second-order valence-electron chi connectivity index (χ2n) is 8.87. The van der Waals surface area contributed by atoms with Crippen LogP contribution in [-0.2, 0) is 14.8 Å². The van der Waals surface area contributed by atoms with E-state index in [1.807, 2.05) is 0 Å². The zero-order valence-corrected chi connectivity index (χ0v) is 19.3. The topological polar surface area (TPSA) is 125 Å². The molecule has 1 aliphatic carbocycles. The van der Waals surface area contributed by atoms with Crippen molar-refractivity contribution in [2.45, 2.75) is 49.6 Å². The Kier molecular flexibility index (Phi) is 7.51. The fourth-order valence-electron chi connectivity index (χ4n) is 3.16. The molecule has 1 fully saturated rings. The van der Waals surface area contributed by atoms with E-state index in [0.29, 0.717) is 18.0 Å². The van der Waals surface area contributed by atoms with Gasteiger partial charge < -0.3 is 15.7 Å². The number of aliphatic hydroxyl groups excluding tert-OH is 1. The van der Waals surface area contributed by atoms with Crippen LogP contribution >= 0.6 is 0 Å². The van der Waals surface area contributed by atoms with Gasteiger partial charge in [-0.25, -0.2) is 17.5 Å². The summed E-state index contributed by atoms with van der Waals surface area (Å²) in [5, 5.41) is 14.7. The number of amides is 2. The molecule has 0 saturated heterocycles. The summed E-state index contributed by atoms with van der Waals surface area (Å²) in [6.07, 6.45) is 2.45. The largest absolute Gasteiger partial charge is 0.394 e. The van der Waals surface area contributed by atoms with Crippen molar-refractivity contribution in [3.05, 3.63) is 59.9 Å². The lowest BCUT2D eigenvalue weighted by Gasteiger charge is -2.23. The highest BCUT2D eigenvalue weighted by Gasteiger charge is 2.31. The third-order valence-corrected chi connectivity index (χ3v) is 6.95. The Morgan fingerprint density at radius 1 is 1.09 bits per heavy atom. The Balaban J connectivity index is 1.67. The molecule has 0 aliphatic heterocycles. The first kappa shape index (κ1) is 24.8. The van der Waals surface area contributed by atoms with E-state index in [1.54, 1.807) is 13.8 Å². The molecule has 4 N–H and O–H groups in total. The second-order valence-corrected chi connectivity index (χ2v) is 10.6. The normalized spacial score (nSPS) is 15.0. The van der Waals surface area contributed by atoms with Gasteiger partial charge in [-0.15, -0.1) is 0 Å². The van der Waals surface area contributed by atoms with Crippen LogP contribution in [0.4, 0.5) is 10.1 Å². The van der Waals surface area contributed by atoms with E-state index in [9.17, 15) is 27.5 Å². The third-order valence-electron chi connectivity index (χ3n) is 5.23. The van der Waals surface area contributed by atoms with Crippen LogP contribution in [0.25, 0.3) is 0 Å². The molecule has 0 radical (unpaired) electrons. The molecule has 0 heterocycles. The fraction of sp³-hybridized carbons (Fsp3) is 0.391. The van der Waals surface area contributed by atoms with E-state index in [0.717, 1.165) is 12.8 Å². The third kappa shape index (κ3) is 7.08. The summed E-state index contributed by atoms with van der Waals surface area (Å²) >= 11 is 0. The van der Waals surface area contributed by atoms with Crippen molar-refractivity contribution in [1.82, 2.24) is 10.0 Å². The van der Waals surface area contributed by atoms with Crippen LogP contribution in [0.1, 0.15) is 43.5 Å². The van der Waals surface area contributed by atoms with Gasteiger partial charge >= 0.3 is 0 Å². The SMILES string of the molecule is CC(C)(CO)NS(=O)(=O)c1ccc(NC(=O)[C@H](CC2CC2)NC(=O)c2ccc(F)cc2)cc1. The smallest absolute Gasteiger partial charge is 0.251 e. The molecule has 1 atom stereocenters. The number of hydrogen-bond acceptors (Lipinski definition) is 5. The average Bonchev–Trinajstić information content (AvgIpc) is 3.57. The van der Waals surface area contributed by atoms with Crippen LogP contribution in [0.3, 0.4) is 0 Å². The number of sulfonamides is 1. The van der Waals surface area contributed by atoms with E-state index >= 15 is 0 Å². The van der Waals surface area contributed by atoms with Crippen molar-refractivity contribution in [2.75, 3.05) is 11.9 Å². The lowest BCUT2D eigenvalue weighted by molar-refractivity contribution is -0.118. The summed E-state index contributed by atoms with van der Waals surface area (Å²) in [6, 6.07) is 9.86. The molecule has 2 amide bonds. The van der Waals surface area contributed by atoms with Crippen molar-refractivity contribution < 1.29 is 27.5 Å². The number of carbonyl (C=O) groups is 2. The minimum Gasteiger partial charge on any atom is -0.394 e. The van der Waals surface area contributed by atoms with E-state index in [-0.39, 0.29) is 17.1 Å². The number of hydrogen-bond donors (Lipinski definition) is 4. The molecular weight excluding hydrogens is 449 g/mol. The van der Waals surface area contributed by atoms with Crippen molar-refractivity contribution in [3.63, 3.8) is 0 Å². The van der Waals surface area contributed by atoms with Crippen molar-refractivity contribution in [1.29, 1.82) is 0 Å². The summed E-state index contributed by atoms with van der Waals surface area (Å²) in [4.78, 5) is 25.4. The van der Waals surface area contributed by atoms with Gasteiger partial charge in [0, 0.05) is 11.3 Å². The first-order valence-electron chi connectivity index (χ1n) is 10.6. The van der Waals surface area contributed by atoms with Gasteiger partial charge in [0.1, 0.15) is 11.9 Å². The maximum Gasteiger partial charge on any atom is 0.251 e. The predicted molar refractivity (Wildman–Crippen MR) is 122 cm³/mol. The Labute approximate surface area is 192 Å². The van der Waals surface area contributed by atoms with E-state index in [1.165, 1.54) is 48.5 Å². The standard InChI is InChI=1S/C23H28FN3O5S/c1-23(2,14-28)27-33(31,32)19-11-9-18(10-12-19)25-22(30)20(13-15-3-4-15)26-21(29)16-5-7-17(24)8-6-16/h5-12,15,20,27-28H,3-4,13-14H2,1-2H3,(H,25,30)(H,26,29)/t20-/m0/s1. The molecule has 0 bridgehead atoms. The minimum atomic E-state index is -3.86. The quantitative estimate of drug-likeness (QED) is 0.418. The number of aliphatic hydroxyl groups is 1. The molecule has 178 valence electrons. The van der Waals surface area contributed by atoms with Gasteiger partial charge in [-0.05, 0) is 74.7 Å². The first-order chi connectivity index (χ1) is 15.5. The minimum absolute atomic E-state index is 0.0128. The number of carbonyl (C=O) groups excluding carboxylic acids is 2. The Morgan fingerprint density at radius 3 is 2.24 bits per heavy atom. The van der Waals surface area contributed by atoms with Gasteiger partial charge in [0.15, 0.2) is 0 Å². The molecule has 0 aromatic heterocycles. The highest BCUT2D eigenvalue weighted by Crippen LogP contribution is 2.33. The van der Waals surface area contributed by atoms with E-state index in [4.69, 9.17) is 0 Å². The van der Waals surface area contributed by atoms with Gasteiger partial charge in [0.2, 0.25) is 15.9 Å². The lowest BCUT2D eigenvalue weighted by atomic mass is 10.1. The fourth-order valence-corrected chi connectivity index (χ4v) is 4.57. The van der Waals surface area contributed by atoms with Gasteiger partial charge in [0.25, 0.3) is 5.91 Å². The van der Waals surface area contributed by atoms with Crippen molar-refractivity contribution >= 4 is 27.5 Å². The molecule has 2 aromatic carbocycles. The number of rotatable bonds is 10. The molecule has 33 heavy (non-hydrogen) atoms. The number of halogens is 1.